The monoisotopic (exact) mass is 307 g/mol. The number of rotatable bonds is 3. The third kappa shape index (κ3) is 2.47. The van der Waals surface area contributed by atoms with E-state index in [1.54, 1.807) is 7.05 Å². The van der Waals surface area contributed by atoms with Gasteiger partial charge in [0.05, 0.1) is 19.4 Å². The molecule has 0 N–H and O–H groups in total. The molecule has 1 aromatic heterocycles. The lowest BCUT2D eigenvalue weighted by atomic mass is 10.1. The van der Waals surface area contributed by atoms with Crippen molar-refractivity contribution in [3.63, 3.8) is 0 Å². The molecule has 1 saturated heterocycles. The number of nitrogens with zero attached hydrogens (tertiary/aromatic N) is 3. The molecule has 1 unspecified atom stereocenters. The van der Waals surface area contributed by atoms with Gasteiger partial charge in [0.25, 0.3) is 10.0 Å². The van der Waals surface area contributed by atoms with E-state index in [1.807, 2.05) is 0 Å². The minimum absolute atomic E-state index is 0.0570. The summed E-state index contributed by atoms with van der Waals surface area (Å²) < 4.78 is 31.9. The number of halogens is 1. The third-order valence-corrected chi connectivity index (χ3v) is 5.46. The normalized spacial score (nSPS) is 20.7. The van der Waals surface area contributed by atoms with Crippen LogP contribution in [0.3, 0.4) is 0 Å². The number of carbonyl (C=O) groups excluding carboxylic acids is 1. The molecular formula is C10H14ClN3O4S. The molecule has 0 saturated carbocycles. The standard InChI is InChI=1S/C10H14ClN3O4S/c1-13-6-12-9(8(13)11)19(16,17)14-4-3-7(5-14)10(15)18-2/h6-7H,3-5H2,1-2H3. The molecule has 2 rings (SSSR count). The molecule has 7 nitrogen and oxygen atoms in total. The fourth-order valence-electron chi connectivity index (χ4n) is 1.99. The molecule has 1 atom stereocenters. The fraction of sp³-hybridized carbons (Fsp3) is 0.600. The van der Waals surface area contributed by atoms with Crippen LogP contribution in [0.2, 0.25) is 5.15 Å². The van der Waals surface area contributed by atoms with Crippen LogP contribution in [0.5, 0.6) is 0 Å². The number of carbonyl (C=O) groups is 1. The smallest absolute Gasteiger partial charge is 0.310 e. The van der Waals surface area contributed by atoms with Gasteiger partial charge in [0.15, 0.2) is 0 Å². The predicted octanol–water partition coefficient (Wildman–Crippen LogP) is 0.257. The Morgan fingerprint density at radius 2 is 2.26 bits per heavy atom. The lowest BCUT2D eigenvalue weighted by molar-refractivity contribution is -0.144. The van der Waals surface area contributed by atoms with E-state index < -0.39 is 21.9 Å². The van der Waals surface area contributed by atoms with Crippen molar-refractivity contribution in [1.29, 1.82) is 0 Å². The quantitative estimate of drug-likeness (QED) is 0.748. The second kappa shape index (κ2) is 5.10. The van der Waals surface area contributed by atoms with Gasteiger partial charge in [-0.3, -0.25) is 4.79 Å². The van der Waals surface area contributed by atoms with Crippen LogP contribution in [-0.4, -0.2) is 48.4 Å². The Hall–Kier alpha value is -1.12. The van der Waals surface area contributed by atoms with E-state index in [0.717, 1.165) is 0 Å². The average molecular weight is 308 g/mol. The van der Waals surface area contributed by atoms with E-state index >= 15 is 0 Å². The van der Waals surface area contributed by atoms with E-state index in [2.05, 4.69) is 9.72 Å². The Labute approximate surface area is 116 Å². The first kappa shape index (κ1) is 14.3. The van der Waals surface area contributed by atoms with Crippen molar-refractivity contribution in [3.8, 4) is 0 Å². The maximum Gasteiger partial charge on any atom is 0.310 e. The Bertz CT molecular complexity index is 598. The molecule has 0 bridgehead atoms. The van der Waals surface area contributed by atoms with Gasteiger partial charge in [-0.05, 0) is 6.42 Å². The zero-order chi connectivity index (χ0) is 14.2. The Kier molecular flexibility index (Phi) is 3.84. The molecule has 9 heteroatoms. The Balaban J connectivity index is 2.23. The number of ether oxygens (including phenoxy) is 1. The Morgan fingerprint density at radius 3 is 2.79 bits per heavy atom. The van der Waals surface area contributed by atoms with Crippen molar-refractivity contribution >= 4 is 27.6 Å². The van der Waals surface area contributed by atoms with Gasteiger partial charge in [-0.1, -0.05) is 11.6 Å². The second-order valence-electron chi connectivity index (χ2n) is 4.32. The highest BCUT2D eigenvalue weighted by atomic mass is 35.5. The van der Waals surface area contributed by atoms with Gasteiger partial charge in [-0.15, -0.1) is 0 Å². The summed E-state index contributed by atoms with van der Waals surface area (Å²) in [4.78, 5) is 15.2. The summed E-state index contributed by atoms with van der Waals surface area (Å²) in [6, 6.07) is 0. The summed E-state index contributed by atoms with van der Waals surface area (Å²) in [6.45, 7) is 0.358. The number of sulfonamides is 1. The van der Waals surface area contributed by atoms with Crippen LogP contribution in [0.4, 0.5) is 0 Å². The van der Waals surface area contributed by atoms with Crippen molar-refractivity contribution in [2.75, 3.05) is 20.2 Å². The summed E-state index contributed by atoms with van der Waals surface area (Å²) in [5.41, 5.74) is 0. The molecular weight excluding hydrogens is 294 g/mol. The summed E-state index contributed by atoms with van der Waals surface area (Å²) in [5.74, 6) is -0.827. The molecule has 2 heterocycles. The number of imidazole rings is 1. The first-order valence-electron chi connectivity index (χ1n) is 5.62. The minimum atomic E-state index is -3.76. The molecule has 0 aromatic carbocycles. The first-order chi connectivity index (χ1) is 8.87. The summed E-state index contributed by atoms with van der Waals surface area (Å²) in [6.07, 6.45) is 1.78. The Morgan fingerprint density at radius 1 is 1.58 bits per heavy atom. The lowest BCUT2D eigenvalue weighted by Gasteiger charge is -2.14. The molecule has 106 valence electrons. The van der Waals surface area contributed by atoms with E-state index in [9.17, 15) is 13.2 Å². The van der Waals surface area contributed by atoms with Gasteiger partial charge in [0, 0.05) is 20.1 Å². The fourth-order valence-corrected chi connectivity index (χ4v) is 3.88. The number of aryl methyl sites for hydroxylation is 1. The summed E-state index contributed by atoms with van der Waals surface area (Å²) in [5, 5.41) is -0.122. The van der Waals surface area contributed by atoms with Crippen LogP contribution in [0.25, 0.3) is 0 Å². The number of hydrogen-bond acceptors (Lipinski definition) is 5. The van der Waals surface area contributed by atoms with Gasteiger partial charge < -0.3 is 9.30 Å². The average Bonchev–Trinajstić information content (AvgIpc) is 2.98. The highest BCUT2D eigenvalue weighted by Gasteiger charge is 2.38. The zero-order valence-electron chi connectivity index (χ0n) is 10.5. The van der Waals surface area contributed by atoms with Crippen LogP contribution < -0.4 is 0 Å². The zero-order valence-corrected chi connectivity index (χ0v) is 12.1. The van der Waals surface area contributed by atoms with Crippen molar-refractivity contribution < 1.29 is 17.9 Å². The van der Waals surface area contributed by atoms with Gasteiger partial charge in [0.1, 0.15) is 5.15 Å². The largest absolute Gasteiger partial charge is 0.469 e. The number of aromatic nitrogens is 2. The maximum atomic E-state index is 12.3. The minimum Gasteiger partial charge on any atom is -0.469 e. The van der Waals surface area contributed by atoms with Gasteiger partial charge in [-0.2, -0.15) is 4.31 Å². The molecule has 0 radical (unpaired) electrons. The molecule has 1 fully saturated rings. The lowest BCUT2D eigenvalue weighted by Crippen LogP contribution is -2.30. The van der Waals surface area contributed by atoms with Crippen LogP contribution >= 0.6 is 11.6 Å². The maximum absolute atomic E-state index is 12.3. The summed E-state index contributed by atoms with van der Waals surface area (Å²) >= 11 is 5.90. The number of methoxy groups -OCH3 is 1. The number of hydrogen-bond donors (Lipinski definition) is 0. The van der Waals surface area contributed by atoms with Crippen LogP contribution in [0.1, 0.15) is 6.42 Å². The van der Waals surface area contributed by atoms with Crippen LogP contribution in [0.15, 0.2) is 11.4 Å². The number of esters is 1. The van der Waals surface area contributed by atoms with E-state index in [4.69, 9.17) is 11.6 Å². The SMILES string of the molecule is COC(=O)C1CCN(S(=O)(=O)c2ncn(C)c2Cl)C1. The molecule has 19 heavy (non-hydrogen) atoms. The van der Waals surface area contributed by atoms with Crippen molar-refractivity contribution in [1.82, 2.24) is 13.9 Å². The molecule has 1 aliphatic rings. The topological polar surface area (TPSA) is 81.5 Å². The van der Waals surface area contributed by atoms with Gasteiger partial charge in [-0.25, -0.2) is 13.4 Å². The first-order valence-corrected chi connectivity index (χ1v) is 7.44. The summed E-state index contributed by atoms with van der Waals surface area (Å²) in [7, 11) is -0.868. The molecule has 1 aromatic rings. The van der Waals surface area contributed by atoms with Gasteiger partial charge in [0.2, 0.25) is 5.03 Å². The van der Waals surface area contributed by atoms with E-state index in [1.165, 1.54) is 22.3 Å². The van der Waals surface area contributed by atoms with E-state index in [0.29, 0.717) is 6.42 Å². The van der Waals surface area contributed by atoms with Crippen LogP contribution in [0, 0.1) is 5.92 Å². The van der Waals surface area contributed by atoms with E-state index in [-0.39, 0.29) is 23.3 Å². The highest BCUT2D eigenvalue weighted by Crippen LogP contribution is 2.27. The molecule has 0 spiro atoms. The molecule has 1 aliphatic heterocycles. The second-order valence-corrected chi connectivity index (χ2v) is 6.53. The van der Waals surface area contributed by atoms with Crippen molar-refractivity contribution in [2.24, 2.45) is 13.0 Å². The molecule has 0 aliphatic carbocycles. The van der Waals surface area contributed by atoms with Crippen LogP contribution in [-0.2, 0) is 26.6 Å². The molecule has 0 amide bonds. The van der Waals surface area contributed by atoms with Crippen molar-refractivity contribution in [2.45, 2.75) is 11.4 Å². The highest BCUT2D eigenvalue weighted by molar-refractivity contribution is 7.89. The van der Waals surface area contributed by atoms with Gasteiger partial charge >= 0.3 is 5.97 Å². The van der Waals surface area contributed by atoms with Crippen molar-refractivity contribution in [3.05, 3.63) is 11.5 Å². The third-order valence-electron chi connectivity index (χ3n) is 3.10. The predicted molar refractivity (Wildman–Crippen MR) is 67.1 cm³/mol.